The standard InChI is InChI=1S/C12H26N2O3/c1-6-12(3,4)14-11(16)9(2)13-10(7-15)8-17-5/h9-10,13,15H,6-8H2,1-5H3,(H,14,16). The fourth-order valence-corrected chi connectivity index (χ4v) is 1.31. The monoisotopic (exact) mass is 246 g/mol. The van der Waals surface area contributed by atoms with Crippen LogP contribution in [0.4, 0.5) is 0 Å². The minimum absolute atomic E-state index is 0.0529. The number of rotatable bonds is 8. The molecular formula is C12H26N2O3. The van der Waals surface area contributed by atoms with Crippen LogP contribution in [-0.4, -0.2) is 49.0 Å². The predicted molar refractivity (Wildman–Crippen MR) is 67.9 cm³/mol. The van der Waals surface area contributed by atoms with Gasteiger partial charge < -0.3 is 15.2 Å². The van der Waals surface area contributed by atoms with Gasteiger partial charge in [-0.3, -0.25) is 10.1 Å². The maximum absolute atomic E-state index is 11.9. The van der Waals surface area contributed by atoms with Crippen molar-refractivity contribution in [2.45, 2.75) is 51.7 Å². The maximum atomic E-state index is 11.9. The van der Waals surface area contributed by atoms with Crippen LogP contribution in [0.25, 0.3) is 0 Å². The first-order valence-corrected chi connectivity index (χ1v) is 6.04. The lowest BCUT2D eigenvalue weighted by Crippen LogP contribution is -2.54. The first kappa shape index (κ1) is 16.4. The zero-order valence-corrected chi connectivity index (χ0v) is 11.5. The summed E-state index contributed by atoms with van der Waals surface area (Å²) in [6.07, 6.45) is 0.868. The lowest BCUT2D eigenvalue weighted by atomic mass is 10.0. The molecule has 102 valence electrons. The summed E-state index contributed by atoms with van der Waals surface area (Å²) in [6.45, 7) is 8.10. The van der Waals surface area contributed by atoms with Crippen LogP contribution in [0, 0.1) is 0 Å². The number of carbonyl (C=O) groups excluding carboxylic acids is 1. The zero-order valence-electron chi connectivity index (χ0n) is 11.5. The van der Waals surface area contributed by atoms with E-state index in [2.05, 4.69) is 10.6 Å². The summed E-state index contributed by atoms with van der Waals surface area (Å²) in [5, 5.41) is 15.1. The van der Waals surface area contributed by atoms with Gasteiger partial charge >= 0.3 is 0 Å². The van der Waals surface area contributed by atoms with E-state index < -0.39 is 0 Å². The van der Waals surface area contributed by atoms with Crippen molar-refractivity contribution in [3.05, 3.63) is 0 Å². The summed E-state index contributed by atoms with van der Waals surface area (Å²) < 4.78 is 4.94. The Bertz CT molecular complexity index is 232. The molecule has 0 bridgehead atoms. The van der Waals surface area contributed by atoms with Crippen LogP contribution >= 0.6 is 0 Å². The molecule has 0 saturated carbocycles. The second kappa shape index (κ2) is 7.63. The molecule has 0 spiro atoms. The normalized spacial score (nSPS) is 15.4. The second-order valence-electron chi connectivity index (χ2n) is 4.95. The summed E-state index contributed by atoms with van der Waals surface area (Å²) in [7, 11) is 1.56. The molecule has 17 heavy (non-hydrogen) atoms. The van der Waals surface area contributed by atoms with Gasteiger partial charge in [-0.1, -0.05) is 6.92 Å². The summed E-state index contributed by atoms with van der Waals surface area (Å²) >= 11 is 0. The van der Waals surface area contributed by atoms with Gasteiger partial charge in [0.15, 0.2) is 0 Å². The van der Waals surface area contributed by atoms with Crippen LogP contribution in [0.15, 0.2) is 0 Å². The second-order valence-corrected chi connectivity index (χ2v) is 4.95. The molecule has 0 rings (SSSR count). The van der Waals surface area contributed by atoms with Crippen LogP contribution in [0.5, 0.6) is 0 Å². The number of amides is 1. The number of hydrogen-bond acceptors (Lipinski definition) is 4. The zero-order chi connectivity index (χ0) is 13.5. The highest BCUT2D eigenvalue weighted by Gasteiger charge is 2.23. The molecule has 3 N–H and O–H groups in total. The molecule has 0 aliphatic carbocycles. The molecule has 0 heterocycles. The van der Waals surface area contributed by atoms with Crippen molar-refractivity contribution >= 4 is 5.91 Å². The van der Waals surface area contributed by atoms with E-state index in [1.54, 1.807) is 14.0 Å². The highest BCUT2D eigenvalue weighted by atomic mass is 16.5. The van der Waals surface area contributed by atoms with Gasteiger partial charge in [-0.05, 0) is 27.2 Å². The van der Waals surface area contributed by atoms with Gasteiger partial charge in [0.05, 0.1) is 25.3 Å². The van der Waals surface area contributed by atoms with E-state index in [4.69, 9.17) is 9.84 Å². The van der Waals surface area contributed by atoms with Crippen molar-refractivity contribution in [1.29, 1.82) is 0 Å². The van der Waals surface area contributed by atoms with Gasteiger partial charge in [-0.15, -0.1) is 0 Å². The van der Waals surface area contributed by atoms with Gasteiger partial charge in [-0.2, -0.15) is 0 Å². The summed E-state index contributed by atoms with van der Waals surface area (Å²) in [5.74, 6) is -0.0635. The van der Waals surface area contributed by atoms with E-state index in [0.29, 0.717) is 6.61 Å². The Labute approximate surface area is 104 Å². The molecule has 0 aliphatic rings. The molecule has 0 radical (unpaired) electrons. The SMILES string of the molecule is CCC(C)(C)NC(=O)C(C)NC(CO)COC. The summed E-state index contributed by atoms with van der Waals surface area (Å²) in [6, 6.07) is -0.571. The number of hydrogen-bond donors (Lipinski definition) is 3. The number of aliphatic hydroxyl groups is 1. The van der Waals surface area contributed by atoms with E-state index in [1.165, 1.54) is 0 Å². The topological polar surface area (TPSA) is 70.6 Å². The van der Waals surface area contributed by atoms with Crippen LogP contribution in [-0.2, 0) is 9.53 Å². The van der Waals surface area contributed by atoms with Crippen molar-refractivity contribution in [2.24, 2.45) is 0 Å². The smallest absolute Gasteiger partial charge is 0.237 e. The summed E-state index contributed by atoms with van der Waals surface area (Å²) in [4.78, 5) is 11.9. The molecule has 2 unspecified atom stereocenters. The fourth-order valence-electron chi connectivity index (χ4n) is 1.31. The average Bonchev–Trinajstić information content (AvgIpc) is 2.27. The Balaban J connectivity index is 4.21. The van der Waals surface area contributed by atoms with Crippen molar-refractivity contribution in [1.82, 2.24) is 10.6 Å². The van der Waals surface area contributed by atoms with Gasteiger partial charge in [0.1, 0.15) is 0 Å². The fraction of sp³-hybridized carbons (Fsp3) is 0.917. The van der Waals surface area contributed by atoms with Crippen molar-refractivity contribution < 1.29 is 14.6 Å². The highest BCUT2D eigenvalue weighted by molar-refractivity contribution is 5.82. The van der Waals surface area contributed by atoms with Crippen LogP contribution in [0.3, 0.4) is 0 Å². The van der Waals surface area contributed by atoms with E-state index in [-0.39, 0.29) is 30.1 Å². The Hall–Kier alpha value is -0.650. The third-order valence-corrected chi connectivity index (χ3v) is 2.81. The number of carbonyl (C=O) groups is 1. The van der Waals surface area contributed by atoms with Crippen molar-refractivity contribution in [2.75, 3.05) is 20.3 Å². The summed E-state index contributed by atoms with van der Waals surface area (Å²) in [5.41, 5.74) is -0.205. The molecule has 0 fully saturated rings. The minimum Gasteiger partial charge on any atom is -0.395 e. The van der Waals surface area contributed by atoms with Gasteiger partial charge in [-0.25, -0.2) is 0 Å². The molecule has 0 aromatic rings. The van der Waals surface area contributed by atoms with Crippen molar-refractivity contribution in [3.8, 4) is 0 Å². The highest BCUT2D eigenvalue weighted by Crippen LogP contribution is 2.07. The molecule has 0 saturated heterocycles. The van der Waals surface area contributed by atoms with E-state index in [0.717, 1.165) is 6.42 Å². The van der Waals surface area contributed by atoms with Crippen LogP contribution in [0.2, 0.25) is 0 Å². The predicted octanol–water partition coefficient (Wildman–Crippen LogP) is 0.277. The minimum atomic E-state index is -0.354. The van der Waals surface area contributed by atoms with Gasteiger partial charge in [0.25, 0.3) is 0 Å². The molecule has 5 heteroatoms. The number of nitrogens with one attached hydrogen (secondary N) is 2. The number of methoxy groups -OCH3 is 1. The van der Waals surface area contributed by atoms with Crippen LogP contribution < -0.4 is 10.6 Å². The van der Waals surface area contributed by atoms with E-state index >= 15 is 0 Å². The first-order chi connectivity index (χ1) is 7.86. The quantitative estimate of drug-likeness (QED) is 0.575. The van der Waals surface area contributed by atoms with E-state index in [1.807, 2.05) is 20.8 Å². The van der Waals surface area contributed by atoms with E-state index in [9.17, 15) is 4.79 Å². The lowest BCUT2D eigenvalue weighted by molar-refractivity contribution is -0.124. The largest absolute Gasteiger partial charge is 0.395 e. The molecule has 0 aliphatic heterocycles. The Morgan fingerprint density at radius 3 is 2.47 bits per heavy atom. The molecular weight excluding hydrogens is 220 g/mol. The van der Waals surface area contributed by atoms with Crippen LogP contribution in [0.1, 0.15) is 34.1 Å². The number of ether oxygens (including phenoxy) is 1. The van der Waals surface area contributed by atoms with Gasteiger partial charge in [0.2, 0.25) is 5.91 Å². The third-order valence-electron chi connectivity index (χ3n) is 2.81. The Morgan fingerprint density at radius 2 is 2.06 bits per heavy atom. The molecule has 5 nitrogen and oxygen atoms in total. The average molecular weight is 246 g/mol. The molecule has 1 amide bonds. The van der Waals surface area contributed by atoms with Gasteiger partial charge in [0, 0.05) is 12.6 Å². The van der Waals surface area contributed by atoms with Crippen molar-refractivity contribution in [3.63, 3.8) is 0 Å². The maximum Gasteiger partial charge on any atom is 0.237 e. The Kier molecular flexibility index (Phi) is 7.34. The molecule has 2 atom stereocenters. The molecule has 0 aromatic carbocycles. The number of aliphatic hydroxyl groups excluding tert-OH is 1. The Morgan fingerprint density at radius 1 is 1.47 bits per heavy atom. The third kappa shape index (κ3) is 6.61. The first-order valence-electron chi connectivity index (χ1n) is 6.04. The lowest BCUT2D eigenvalue weighted by Gasteiger charge is -2.28. The molecule has 0 aromatic heterocycles.